The highest BCUT2D eigenvalue weighted by atomic mass is 15.1. The highest BCUT2D eigenvalue weighted by Gasteiger charge is 2.15. The predicted molar refractivity (Wildman–Crippen MR) is 69.9 cm³/mol. The summed E-state index contributed by atoms with van der Waals surface area (Å²) < 4.78 is 0. The van der Waals surface area contributed by atoms with Crippen molar-refractivity contribution in [2.24, 2.45) is 0 Å². The van der Waals surface area contributed by atoms with Crippen LogP contribution in [0.2, 0.25) is 0 Å². The van der Waals surface area contributed by atoms with E-state index in [0.29, 0.717) is 6.04 Å². The monoisotopic (exact) mass is 216 g/mol. The minimum absolute atomic E-state index is 0.371. The zero-order valence-electron chi connectivity index (χ0n) is 10.2. The van der Waals surface area contributed by atoms with Crippen molar-refractivity contribution in [1.82, 2.24) is 5.32 Å². The van der Waals surface area contributed by atoms with Gasteiger partial charge in [0.25, 0.3) is 0 Å². The summed E-state index contributed by atoms with van der Waals surface area (Å²) in [7, 11) is 2.16. The molecule has 0 amide bonds. The number of fused-ring (bicyclic) bond motifs is 1. The van der Waals surface area contributed by atoms with Gasteiger partial charge in [0.05, 0.1) is 0 Å². The van der Waals surface area contributed by atoms with Gasteiger partial charge < -0.3 is 10.2 Å². The van der Waals surface area contributed by atoms with Crippen molar-refractivity contribution in [3.05, 3.63) is 42.0 Å². The highest BCUT2D eigenvalue weighted by Crippen LogP contribution is 2.27. The Morgan fingerprint density at radius 3 is 3.12 bits per heavy atom. The lowest BCUT2D eigenvalue weighted by Gasteiger charge is -2.13. The van der Waals surface area contributed by atoms with Gasteiger partial charge in [0, 0.05) is 31.9 Å². The summed E-state index contributed by atoms with van der Waals surface area (Å²) in [6.07, 6.45) is 3.11. The molecular weight excluding hydrogens is 196 g/mol. The van der Waals surface area contributed by atoms with Crippen molar-refractivity contribution < 1.29 is 0 Å². The number of hydrogen-bond acceptors (Lipinski definition) is 2. The molecule has 1 unspecified atom stereocenters. The summed E-state index contributed by atoms with van der Waals surface area (Å²) in [5.41, 5.74) is 4.23. The Bertz CT molecular complexity index is 384. The fraction of sp³-hybridized carbons (Fsp3) is 0.429. The van der Waals surface area contributed by atoms with Crippen LogP contribution < -0.4 is 10.2 Å². The van der Waals surface area contributed by atoms with Crippen molar-refractivity contribution in [2.45, 2.75) is 25.9 Å². The van der Waals surface area contributed by atoms with Crippen LogP contribution in [0.1, 0.15) is 18.1 Å². The maximum absolute atomic E-state index is 3.77. The van der Waals surface area contributed by atoms with Gasteiger partial charge in [0.1, 0.15) is 0 Å². The van der Waals surface area contributed by atoms with Crippen molar-refractivity contribution in [2.75, 3.05) is 18.5 Å². The van der Waals surface area contributed by atoms with Crippen molar-refractivity contribution in [3.8, 4) is 0 Å². The fourth-order valence-electron chi connectivity index (χ4n) is 2.09. The van der Waals surface area contributed by atoms with E-state index < -0.39 is 0 Å². The molecule has 16 heavy (non-hydrogen) atoms. The molecule has 1 aliphatic rings. The van der Waals surface area contributed by atoms with Gasteiger partial charge in [-0.1, -0.05) is 18.2 Å². The molecule has 2 rings (SSSR count). The van der Waals surface area contributed by atoms with Gasteiger partial charge in [-0.25, -0.2) is 0 Å². The van der Waals surface area contributed by atoms with Gasteiger partial charge in [-0.2, -0.15) is 0 Å². The van der Waals surface area contributed by atoms with E-state index in [9.17, 15) is 0 Å². The van der Waals surface area contributed by atoms with Crippen LogP contribution in [-0.4, -0.2) is 19.6 Å². The Hall–Kier alpha value is -1.28. The molecule has 0 aliphatic carbocycles. The third-order valence-electron chi connectivity index (χ3n) is 3.25. The number of nitrogens with zero attached hydrogens (tertiary/aromatic N) is 1. The van der Waals surface area contributed by atoms with E-state index in [1.807, 2.05) is 6.08 Å². The molecule has 0 aromatic heterocycles. The average molecular weight is 216 g/mol. The molecule has 1 atom stereocenters. The first kappa shape index (κ1) is 11.2. The number of nitrogens with one attached hydrogen (secondary N) is 1. The number of rotatable bonds is 4. The lowest BCUT2D eigenvalue weighted by molar-refractivity contribution is 0.634. The maximum Gasteiger partial charge on any atom is 0.0397 e. The van der Waals surface area contributed by atoms with Crippen molar-refractivity contribution in [1.29, 1.82) is 0 Å². The van der Waals surface area contributed by atoms with Crippen LogP contribution in [0.5, 0.6) is 0 Å². The molecule has 1 aromatic rings. The third kappa shape index (κ3) is 2.27. The van der Waals surface area contributed by atoms with Crippen LogP contribution in [0, 0.1) is 0 Å². The van der Waals surface area contributed by atoms with E-state index in [0.717, 1.165) is 13.1 Å². The number of benzene rings is 1. The van der Waals surface area contributed by atoms with E-state index >= 15 is 0 Å². The third-order valence-corrected chi connectivity index (χ3v) is 3.25. The van der Waals surface area contributed by atoms with Crippen molar-refractivity contribution in [3.63, 3.8) is 0 Å². The van der Waals surface area contributed by atoms with E-state index in [1.54, 1.807) is 0 Å². The van der Waals surface area contributed by atoms with E-state index in [-0.39, 0.29) is 0 Å². The summed E-state index contributed by atoms with van der Waals surface area (Å²) in [6.45, 7) is 7.96. The van der Waals surface area contributed by atoms with Gasteiger partial charge in [-0.3, -0.25) is 0 Å². The summed E-state index contributed by atoms with van der Waals surface area (Å²) in [6, 6.07) is 7.14. The molecule has 0 fully saturated rings. The van der Waals surface area contributed by atoms with Gasteiger partial charge in [0.15, 0.2) is 0 Å². The Morgan fingerprint density at radius 2 is 2.38 bits per heavy atom. The predicted octanol–water partition coefficient (Wildman–Crippen LogP) is 2.34. The summed E-state index contributed by atoms with van der Waals surface area (Å²) >= 11 is 0. The fourth-order valence-corrected chi connectivity index (χ4v) is 2.09. The summed E-state index contributed by atoms with van der Waals surface area (Å²) in [5.74, 6) is 0. The molecule has 86 valence electrons. The molecule has 2 nitrogen and oxygen atoms in total. The van der Waals surface area contributed by atoms with E-state index in [1.165, 1.54) is 23.2 Å². The van der Waals surface area contributed by atoms with Crippen LogP contribution in [0.25, 0.3) is 0 Å². The topological polar surface area (TPSA) is 15.3 Å². The summed E-state index contributed by atoms with van der Waals surface area (Å²) in [5, 5.41) is 3.42. The first-order chi connectivity index (χ1) is 7.70. The Labute approximate surface area is 98.0 Å². The van der Waals surface area contributed by atoms with Crippen LogP contribution in [-0.2, 0) is 13.0 Å². The lowest BCUT2D eigenvalue weighted by Crippen LogP contribution is -2.22. The second kappa shape index (κ2) is 4.71. The minimum Gasteiger partial charge on any atom is -0.374 e. The Balaban J connectivity index is 2.05. The lowest BCUT2D eigenvalue weighted by atomic mass is 10.1. The summed E-state index contributed by atoms with van der Waals surface area (Å²) in [4.78, 5) is 2.32. The first-order valence-electron chi connectivity index (χ1n) is 5.89. The normalized spacial score (nSPS) is 16.0. The van der Waals surface area contributed by atoms with Gasteiger partial charge in [0.2, 0.25) is 0 Å². The largest absolute Gasteiger partial charge is 0.374 e. The Morgan fingerprint density at radius 1 is 1.56 bits per heavy atom. The van der Waals surface area contributed by atoms with Crippen LogP contribution >= 0.6 is 0 Å². The van der Waals surface area contributed by atoms with E-state index in [2.05, 4.69) is 49.0 Å². The zero-order valence-corrected chi connectivity index (χ0v) is 10.2. The molecule has 1 aromatic carbocycles. The molecule has 0 radical (unpaired) electrons. The quantitative estimate of drug-likeness (QED) is 0.777. The highest BCUT2D eigenvalue weighted by molar-refractivity contribution is 5.58. The smallest absolute Gasteiger partial charge is 0.0397 e. The standard InChI is InChI=1S/C14H20N2/c1-4-11(2)15-10-12-5-6-14-13(9-12)7-8-16(14)3/h4-6,9,11,15H,1,7-8,10H2,2-3H3. The molecule has 2 heteroatoms. The van der Waals surface area contributed by atoms with Crippen LogP contribution in [0.15, 0.2) is 30.9 Å². The molecule has 1 aliphatic heterocycles. The molecule has 0 bridgehead atoms. The Kier molecular flexibility index (Phi) is 3.30. The minimum atomic E-state index is 0.371. The number of likely N-dealkylation sites (N-methyl/N-ethyl adjacent to an activating group) is 1. The molecule has 0 saturated carbocycles. The van der Waals surface area contributed by atoms with Crippen LogP contribution in [0.3, 0.4) is 0 Å². The SMILES string of the molecule is C=CC(C)NCc1ccc2c(c1)CCN2C. The number of hydrogen-bond donors (Lipinski definition) is 1. The average Bonchev–Trinajstić information content (AvgIpc) is 2.67. The van der Waals surface area contributed by atoms with Gasteiger partial charge in [-0.05, 0) is 30.5 Å². The molecular formula is C14H20N2. The molecule has 0 spiro atoms. The van der Waals surface area contributed by atoms with Gasteiger partial charge in [-0.15, -0.1) is 6.58 Å². The maximum atomic E-state index is 3.77. The molecule has 1 heterocycles. The van der Waals surface area contributed by atoms with E-state index in [4.69, 9.17) is 0 Å². The zero-order chi connectivity index (χ0) is 11.5. The first-order valence-corrected chi connectivity index (χ1v) is 5.89. The second-order valence-corrected chi connectivity index (χ2v) is 4.54. The second-order valence-electron chi connectivity index (χ2n) is 4.54. The van der Waals surface area contributed by atoms with Gasteiger partial charge >= 0.3 is 0 Å². The number of anilines is 1. The van der Waals surface area contributed by atoms with Crippen molar-refractivity contribution >= 4 is 5.69 Å². The molecule has 0 saturated heterocycles. The van der Waals surface area contributed by atoms with Crippen LogP contribution in [0.4, 0.5) is 5.69 Å². The molecule has 1 N–H and O–H groups in total.